The average Bonchev–Trinajstić information content (AvgIpc) is 2.37. The third-order valence-electron chi connectivity index (χ3n) is 3.30. The lowest BCUT2D eigenvalue weighted by Gasteiger charge is -2.31. The zero-order chi connectivity index (χ0) is 15.7. The van der Waals surface area contributed by atoms with Gasteiger partial charge in [-0.05, 0) is 24.8 Å². The first kappa shape index (κ1) is 16.0. The van der Waals surface area contributed by atoms with Gasteiger partial charge in [-0.15, -0.1) is 0 Å². The van der Waals surface area contributed by atoms with Gasteiger partial charge in [0.2, 0.25) is 16.0 Å². The lowest BCUT2D eigenvalue weighted by Crippen LogP contribution is -2.38. The number of hydrogen-bond donors (Lipinski definition) is 1. The van der Waals surface area contributed by atoms with Gasteiger partial charge in [-0.2, -0.15) is 13.2 Å². The molecule has 21 heavy (non-hydrogen) atoms. The highest BCUT2D eigenvalue weighted by atomic mass is 32.2. The molecule has 0 aromatic carbocycles. The molecule has 2 rings (SSSR count). The molecule has 1 aliphatic rings. The predicted molar refractivity (Wildman–Crippen MR) is 69.9 cm³/mol. The summed E-state index contributed by atoms with van der Waals surface area (Å²) in [5.74, 6) is -0.175. The van der Waals surface area contributed by atoms with Gasteiger partial charge in [-0.3, -0.25) is 0 Å². The topological polar surface area (TPSA) is 89.2 Å². The van der Waals surface area contributed by atoms with Crippen LogP contribution in [0.25, 0.3) is 0 Å². The fourth-order valence-corrected chi connectivity index (χ4v) is 3.28. The van der Waals surface area contributed by atoms with Gasteiger partial charge in [-0.1, -0.05) is 0 Å². The Morgan fingerprint density at radius 3 is 2.48 bits per heavy atom. The van der Waals surface area contributed by atoms with Crippen LogP contribution in [-0.4, -0.2) is 37.2 Å². The summed E-state index contributed by atoms with van der Waals surface area (Å²) in [7, 11) is -3.53. The van der Waals surface area contributed by atoms with Crippen LogP contribution in [0.5, 0.6) is 0 Å². The molecule has 1 fully saturated rings. The lowest BCUT2D eigenvalue weighted by molar-refractivity contribution is -0.141. The normalized spacial score (nSPS) is 18.0. The molecule has 10 heteroatoms. The van der Waals surface area contributed by atoms with E-state index in [0.717, 1.165) is 12.3 Å². The van der Waals surface area contributed by atoms with Crippen LogP contribution in [0.3, 0.4) is 0 Å². The quantitative estimate of drug-likeness (QED) is 0.896. The smallest absolute Gasteiger partial charge is 0.341 e. The minimum Gasteiger partial charge on any atom is -0.341 e. The van der Waals surface area contributed by atoms with E-state index >= 15 is 0 Å². The van der Waals surface area contributed by atoms with E-state index < -0.39 is 21.9 Å². The molecular formula is C11H15F3N4O2S. The standard InChI is InChI=1S/C11H15F3N4O2S/c12-11(13,14)9-1-4-16-10(17-9)18-5-2-8(3-6-18)7-21(15,19)20/h1,4,8H,2-3,5-7H2,(H2,15,19,20). The van der Waals surface area contributed by atoms with Crippen LogP contribution in [-0.2, 0) is 16.2 Å². The first-order valence-corrected chi connectivity index (χ1v) is 8.02. The van der Waals surface area contributed by atoms with E-state index in [4.69, 9.17) is 5.14 Å². The third kappa shape index (κ3) is 4.53. The van der Waals surface area contributed by atoms with Crippen LogP contribution in [0.2, 0.25) is 0 Å². The van der Waals surface area contributed by atoms with Crippen molar-refractivity contribution in [1.29, 1.82) is 0 Å². The summed E-state index contributed by atoms with van der Waals surface area (Å²) >= 11 is 0. The van der Waals surface area contributed by atoms with Crippen LogP contribution in [0.4, 0.5) is 19.1 Å². The molecule has 1 aliphatic heterocycles. The molecule has 2 N–H and O–H groups in total. The van der Waals surface area contributed by atoms with Crippen LogP contribution in [0.15, 0.2) is 12.3 Å². The fourth-order valence-electron chi connectivity index (χ4n) is 2.29. The molecule has 0 amide bonds. The number of nitrogens with zero attached hydrogens (tertiary/aromatic N) is 3. The highest BCUT2D eigenvalue weighted by Gasteiger charge is 2.33. The molecule has 0 spiro atoms. The molecule has 118 valence electrons. The molecule has 0 bridgehead atoms. The number of rotatable bonds is 3. The van der Waals surface area contributed by atoms with E-state index in [-0.39, 0.29) is 17.6 Å². The monoisotopic (exact) mass is 324 g/mol. The molecular weight excluding hydrogens is 309 g/mol. The molecule has 0 atom stereocenters. The van der Waals surface area contributed by atoms with Crippen LogP contribution < -0.4 is 10.0 Å². The Balaban J connectivity index is 2.03. The Labute approximate surface area is 120 Å². The van der Waals surface area contributed by atoms with Crippen LogP contribution >= 0.6 is 0 Å². The van der Waals surface area contributed by atoms with Crippen molar-refractivity contribution in [1.82, 2.24) is 9.97 Å². The zero-order valence-electron chi connectivity index (χ0n) is 11.0. The third-order valence-corrected chi connectivity index (χ3v) is 4.23. The van der Waals surface area contributed by atoms with Crippen molar-refractivity contribution in [3.05, 3.63) is 18.0 Å². The molecule has 1 aromatic rings. The molecule has 6 nitrogen and oxygen atoms in total. The average molecular weight is 324 g/mol. The highest BCUT2D eigenvalue weighted by Crippen LogP contribution is 2.29. The summed E-state index contributed by atoms with van der Waals surface area (Å²) < 4.78 is 59.8. The molecule has 0 saturated carbocycles. The first-order valence-electron chi connectivity index (χ1n) is 6.31. The maximum atomic E-state index is 12.6. The second-order valence-electron chi connectivity index (χ2n) is 5.00. The molecule has 0 aliphatic carbocycles. The number of halogens is 3. The van der Waals surface area contributed by atoms with Crippen molar-refractivity contribution < 1.29 is 21.6 Å². The minimum atomic E-state index is -4.51. The van der Waals surface area contributed by atoms with Gasteiger partial charge < -0.3 is 4.90 Å². The van der Waals surface area contributed by atoms with E-state index in [2.05, 4.69) is 9.97 Å². The van der Waals surface area contributed by atoms with Gasteiger partial charge in [0.25, 0.3) is 0 Å². The van der Waals surface area contributed by atoms with Crippen molar-refractivity contribution in [2.24, 2.45) is 11.1 Å². The lowest BCUT2D eigenvalue weighted by atomic mass is 9.99. The fraction of sp³-hybridized carbons (Fsp3) is 0.636. The molecule has 2 heterocycles. The zero-order valence-corrected chi connectivity index (χ0v) is 11.9. The van der Waals surface area contributed by atoms with Gasteiger partial charge >= 0.3 is 6.18 Å². The number of piperidine rings is 1. The van der Waals surface area contributed by atoms with E-state index in [9.17, 15) is 21.6 Å². The summed E-state index contributed by atoms with van der Waals surface area (Å²) in [5, 5.41) is 4.99. The van der Waals surface area contributed by atoms with Crippen molar-refractivity contribution in [3.63, 3.8) is 0 Å². The second-order valence-corrected chi connectivity index (χ2v) is 6.66. The SMILES string of the molecule is NS(=O)(=O)CC1CCN(c2nccc(C(F)(F)F)n2)CC1. The predicted octanol–water partition coefficient (Wildman–Crippen LogP) is 1.00. The maximum absolute atomic E-state index is 12.6. The Kier molecular flexibility index (Phi) is 4.38. The first-order chi connectivity index (χ1) is 9.65. The minimum absolute atomic E-state index is 0.0129. The largest absolute Gasteiger partial charge is 0.433 e. The van der Waals surface area contributed by atoms with E-state index in [1.54, 1.807) is 4.90 Å². The highest BCUT2D eigenvalue weighted by molar-refractivity contribution is 7.89. The van der Waals surface area contributed by atoms with Crippen molar-refractivity contribution in [2.75, 3.05) is 23.7 Å². The van der Waals surface area contributed by atoms with E-state index in [0.29, 0.717) is 25.9 Å². The van der Waals surface area contributed by atoms with Crippen molar-refractivity contribution in [2.45, 2.75) is 19.0 Å². The van der Waals surface area contributed by atoms with Crippen molar-refractivity contribution >= 4 is 16.0 Å². The van der Waals surface area contributed by atoms with Gasteiger partial charge in [0.05, 0.1) is 5.75 Å². The van der Waals surface area contributed by atoms with Gasteiger partial charge in [0.15, 0.2) is 0 Å². The second kappa shape index (κ2) is 5.76. The number of alkyl halides is 3. The van der Waals surface area contributed by atoms with Gasteiger partial charge in [-0.25, -0.2) is 23.5 Å². The Morgan fingerprint density at radius 1 is 1.33 bits per heavy atom. The van der Waals surface area contributed by atoms with Gasteiger partial charge in [0, 0.05) is 19.3 Å². The molecule has 1 aromatic heterocycles. The number of anilines is 1. The molecule has 0 radical (unpaired) electrons. The number of hydrogen-bond acceptors (Lipinski definition) is 5. The van der Waals surface area contributed by atoms with Gasteiger partial charge in [0.1, 0.15) is 5.69 Å². The molecule has 1 saturated heterocycles. The van der Waals surface area contributed by atoms with Crippen LogP contribution in [0, 0.1) is 5.92 Å². The van der Waals surface area contributed by atoms with Crippen molar-refractivity contribution in [3.8, 4) is 0 Å². The Morgan fingerprint density at radius 2 is 1.95 bits per heavy atom. The summed E-state index contributed by atoms with van der Waals surface area (Å²) in [5.41, 5.74) is -0.987. The summed E-state index contributed by atoms with van der Waals surface area (Å²) in [6.45, 7) is 0.809. The summed E-state index contributed by atoms with van der Waals surface area (Å²) in [4.78, 5) is 8.98. The maximum Gasteiger partial charge on any atom is 0.433 e. The van der Waals surface area contributed by atoms with E-state index in [1.807, 2.05) is 0 Å². The number of aromatic nitrogens is 2. The summed E-state index contributed by atoms with van der Waals surface area (Å²) in [6.07, 6.45) is -2.39. The van der Waals surface area contributed by atoms with Crippen LogP contribution in [0.1, 0.15) is 18.5 Å². The number of primary sulfonamides is 1. The number of sulfonamides is 1. The Bertz CT molecular complexity index is 598. The number of nitrogens with two attached hydrogens (primary N) is 1. The Hall–Kier alpha value is -1.42. The molecule has 0 unspecified atom stereocenters. The van der Waals surface area contributed by atoms with E-state index in [1.165, 1.54) is 0 Å². The summed E-state index contributed by atoms with van der Waals surface area (Å²) in [6, 6.07) is 0.817.